The van der Waals surface area contributed by atoms with E-state index in [1.165, 1.54) is 24.3 Å². The average molecular weight is 321 g/mol. The van der Waals surface area contributed by atoms with E-state index in [0.29, 0.717) is 5.65 Å². The van der Waals surface area contributed by atoms with Gasteiger partial charge in [0.25, 0.3) is 0 Å². The SMILES string of the molecule is Cc1cc(-c2ccc(F)cc2)c2c(-c3ccc(F)cc3)[nH]nc2n1. The van der Waals surface area contributed by atoms with Gasteiger partial charge in [-0.15, -0.1) is 0 Å². The molecular formula is C19H13F2N3. The van der Waals surface area contributed by atoms with Crippen molar-refractivity contribution in [1.82, 2.24) is 15.2 Å². The quantitative estimate of drug-likeness (QED) is 0.572. The molecule has 3 nitrogen and oxygen atoms in total. The lowest BCUT2D eigenvalue weighted by Gasteiger charge is -2.07. The number of hydrogen-bond acceptors (Lipinski definition) is 2. The minimum absolute atomic E-state index is 0.285. The highest BCUT2D eigenvalue weighted by molar-refractivity contribution is 6.02. The summed E-state index contributed by atoms with van der Waals surface area (Å²) in [5.74, 6) is -0.581. The van der Waals surface area contributed by atoms with Gasteiger partial charge in [0.15, 0.2) is 5.65 Å². The fraction of sp³-hybridized carbons (Fsp3) is 0.0526. The molecule has 0 amide bonds. The van der Waals surface area contributed by atoms with E-state index in [9.17, 15) is 8.78 Å². The number of aromatic amines is 1. The number of hydrogen-bond donors (Lipinski definition) is 1. The number of aryl methyl sites for hydroxylation is 1. The zero-order valence-corrected chi connectivity index (χ0v) is 12.8. The van der Waals surface area contributed by atoms with Gasteiger partial charge in [0.1, 0.15) is 11.6 Å². The summed E-state index contributed by atoms with van der Waals surface area (Å²) in [5.41, 5.74) is 4.75. The molecule has 0 saturated heterocycles. The van der Waals surface area contributed by atoms with Gasteiger partial charge in [0, 0.05) is 11.3 Å². The topological polar surface area (TPSA) is 41.6 Å². The Labute approximate surface area is 137 Å². The standard InChI is InChI=1S/C19H13F2N3/c1-11-10-16(12-2-6-14(20)7-3-12)17-18(23-24-19(17)22-11)13-4-8-15(21)9-5-13/h2-10H,1H3,(H,22,23,24). The third-order valence-electron chi connectivity index (χ3n) is 3.94. The predicted octanol–water partition coefficient (Wildman–Crippen LogP) is 4.88. The maximum Gasteiger partial charge on any atom is 0.182 e. The van der Waals surface area contributed by atoms with Gasteiger partial charge in [-0.1, -0.05) is 12.1 Å². The van der Waals surface area contributed by atoms with Crippen LogP contribution < -0.4 is 0 Å². The van der Waals surface area contributed by atoms with E-state index in [0.717, 1.165) is 33.5 Å². The summed E-state index contributed by atoms with van der Waals surface area (Å²) in [7, 11) is 0. The Morgan fingerprint density at radius 2 is 1.42 bits per heavy atom. The number of H-pyrrole nitrogens is 1. The molecule has 0 atom stereocenters. The molecule has 0 radical (unpaired) electrons. The minimum atomic E-state index is -0.296. The molecule has 4 aromatic rings. The van der Waals surface area contributed by atoms with Crippen molar-refractivity contribution in [2.45, 2.75) is 6.92 Å². The van der Waals surface area contributed by atoms with E-state index in [4.69, 9.17) is 0 Å². The van der Waals surface area contributed by atoms with Crippen molar-refractivity contribution in [2.24, 2.45) is 0 Å². The van der Waals surface area contributed by atoms with E-state index >= 15 is 0 Å². The van der Waals surface area contributed by atoms with Crippen LogP contribution in [0.5, 0.6) is 0 Å². The zero-order chi connectivity index (χ0) is 16.7. The van der Waals surface area contributed by atoms with Crippen LogP contribution in [0.1, 0.15) is 5.69 Å². The number of aromatic nitrogens is 3. The summed E-state index contributed by atoms with van der Waals surface area (Å²) in [6.07, 6.45) is 0. The van der Waals surface area contributed by atoms with Crippen molar-refractivity contribution in [3.05, 3.63) is 71.9 Å². The zero-order valence-electron chi connectivity index (χ0n) is 12.8. The van der Waals surface area contributed by atoms with Crippen LogP contribution in [0.3, 0.4) is 0 Å². The fourth-order valence-electron chi connectivity index (χ4n) is 2.83. The highest BCUT2D eigenvalue weighted by Crippen LogP contribution is 2.34. The molecule has 0 spiro atoms. The molecule has 0 aliphatic heterocycles. The third kappa shape index (κ3) is 2.44. The maximum absolute atomic E-state index is 13.3. The number of benzene rings is 2. The number of nitrogens with one attached hydrogen (secondary N) is 1. The van der Waals surface area contributed by atoms with Crippen molar-refractivity contribution in [2.75, 3.05) is 0 Å². The van der Waals surface area contributed by atoms with Gasteiger partial charge < -0.3 is 0 Å². The normalized spacial score (nSPS) is 11.1. The van der Waals surface area contributed by atoms with Crippen LogP contribution in [-0.4, -0.2) is 15.2 Å². The van der Waals surface area contributed by atoms with E-state index in [2.05, 4.69) is 15.2 Å². The average Bonchev–Trinajstić information content (AvgIpc) is 2.99. The van der Waals surface area contributed by atoms with Crippen molar-refractivity contribution >= 4 is 11.0 Å². The van der Waals surface area contributed by atoms with Crippen LogP contribution in [0.15, 0.2) is 54.6 Å². The first-order valence-electron chi connectivity index (χ1n) is 7.49. The number of fused-ring (bicyclic) bond motifs is 1. The second-order valence-corrected chi connectivity index (χ2v) is 5.62. The Morgan fingerprint density at radius 1 is 0.833 bits per heavy atom. The molecule has 4 rings (SSSR count). The summed E-state index contributed by atoms with van der Waals surface area (Å²) in [5, 5.41) is 8.10. The van der Waals surface area contributed by atoms with E-state index < -0.39 is 0 Å². The lowest BCUT2D eigenvalue weighted by Crippen LogP contribution is -1.89. The third-order valence-corrected chi connectivity index (χ3v) is 3.94. The van der Waals surface area contributed by atoms with Crippen LogP contribution in [0.2, 0.25) is 0 Å². The molecule has 0 unspecified atom stereocenters. The van der Waals surface area contributed by atoms with Gasteiger partial charge in [0.2, 0.25) is 0 Å². The van der Waals surface area contributed by atoms with Crippen molar-refractivity contribution in [3.63, 3.8) is 0 Å². The molecule has 118 valence electrons. The second kappa shape index (κ2) is 5.53. The molecule has 24 heavy (non-hydrogen) atoms. The molecule has 0 aliphatic rings. The van der Waals surface area contributed by atoms with Gasteiger partial charge in [-0.2, -0.15) is 5.10 Å². The molecule has 1 N–H and O–H groups in total. The highest BCUT2D eigenvalue weighted by atomic mass is 19.1. The monoisotopic (exact) mass is 321 g/mol. The van der Waals surface area contributed by atoms with Crippen LogP contribution in [0, 0.1) is 18.6 Å². The largest absolute Gasteiger partial charge is 0.275 e. The van der Waals surface area contributed by atoms with E-state index in [-0.39, 0.29) is 11.6 Å². The number of rotatable bonds is 2. The van der Waals surface area contributed by atoms with Crippen molar-refractivity contribution in [1.29, 1.82) is 0 Å². The first-order valence-corrected chi connectivity index (χ1v) is 7.49. The summed E-state index contributed by atoms with van der Waals surface area (Å²) >= 11 is 0. The number of nitrogens with zero attached hydrogens (tertiary/aromatic N) is 2. The van der Waals surface area contributed by atoms with E-state index in [1.807, 2.05) is 13.0 Å². The van der Waals surface area contributed by atoms with Crippen molar-refractivity contribution in [3.8, 4) is 22.4 Å². The van der Waals surface area contributed by atoms with E-state index in [1.54, 1.807) is 24.3 Å². The Balaban J connectivity index is 2.00. The van der Waals surface area contributed by atoms with Crippen LogP contribution in [0.25, 0.3) is 33.4 Å². The highest BCUT2D eigenvalue weighted by Gasteiger charge is 2.15. The summed E-state index contributed by atoms with van der Waals surface area (Å²) in [6.45, 7) is 1.89. The van der Waals surface area contributed by atoms with Gasteiger partial charge in [-0.3, -0.25) is 5.10 Å². The van der Waals surface area contributed by atoms with Gasteiger partial charge in [-0.05, 0) is 60.5 Å². The van der Waals surface area contributed by atoms with Gasteiger partial charge >= 0.3 is 0 Å². The Bertz CT molecular complexity index is 1020. The smallest absolute Gasteiger partial charge is 0.182 e. The molecule has 5 heteroatoms. The summed E-state index contributed by atoms with van der Waals surface area (Å²) in [6, 6.07) is 14.4. The molecular weight excluding hydrogens is 308 g/mol. The number of halogens is 2. The Morgan fingerprint density at radius 3 is 2.04 bits per heavy atom. The van der Waals surface area contributed by atoms with Gasteiger partial charge in [-0.25, -0.2) is 13.8 Å². The Kier molecular flexibility index (Phi) is 3.34. The second-order valence-electron chi connectivity index (χ2n) is 5.62. The summed E-state index contributed by atoms with van der Waals surface area (Å²) in [4.78, 5) is 4.45. The van der Waals surface area contributed by atoms with Crippen molar-refractivity contribution < 1.29 is 8.78 Å². The molecule has 2 aromatic carbocycles. The molecule has 0 fully saturated rings. The molecule has 0 bridgehead atoms. The first kappa shape index (κ1) is 14.5. The lowest BCUT2D eigenvalue weighted by molar-refractivity contribution is 0.627. The van der Waals surface area contributed by atoms with Crippen LogP contribution in [-0.2, 0) is 0 Å². The number of pyridine rings is 1. The van der Waals surface area contributed by atoms with Crippen LogP contribution in [0.4, 0.5) is 8.78 Å². The molecule has 0 aliphatic carbocycles. The first-order chi connectivity index (χ1) is 11.6. The Hall–Kier alpha value is -3.08. The predicted molar refractivity (Wildman–Crippen MR) is 89.4 cm³/mol. The molecule has 2 aromatic heterocycles. The minimum Gasteiger partial charge on any atom is -0.275 e. The summed E-state index contributed by atoms with van der Waals surface area (Å²) < 4.78 is 26.5. The lowest BCUT2D eigenvalue weighted by atomic mass is 9.99. The van der Waals surface area contributed by atoms with Gasteiger partial charge in [0.05, 0.1) is 11.1 Å². The van der Waals surface area contributed by atoms with Crippen LogP contribution >= 0.6 is 0 Å². The molecule has 2 heterocycles. The fourth-order valence-corrected chi connectivity index (χ4v) is 2.83. The maximum atomic E-state index is 13.3. The molecule has 0 saturated carbocycles.